The summed E-state index contributed by atoms with van der Waals surface area (Å²) in [5, 5.41) is 10.3. The van der Waals surface area contributed by atoms with E-state index in [9.17, 15) is 10.1 Å². The van der Waals surface area contributed by atoms with Crippen LogP contribution in [0.4, 0.5) is 5.82 Å². The highest BCUT2D eigenvalue weighted by molar-refractivity contribution is 5.48. The van der Waals surface area contributed by atoms with Gasteiger partial charge in [0.25, 0.3) is 0 Å². The molecule has 0 saturated heterocycles. The summed E-state index contributed by atoms with van der Waals surface area (Å²) < 4.78 is 0. The zero-order valence-electron chi connectivity index (χ0n) is 6.65. The molecule has 0 atom stereocenters. The predicted molar refractivity (Wildman–Crippen MR) is 45.7 cm³/mol. The average molecular weight is 164 g/mol. The van der Waals surface area contributed by atoms with Crippen molar-refractivity contribution in [2.24, 2.45) is 0 Å². The van der Waals surface area contributed by atoms with Gasteiger partial charge in [-0.05, 0) is 29.0 Å². The molecule has 1 rings (SSSR count). The van der Waals surface area contributed by atoms with Gasteiger partial charge < -0.3 is 10.1 Å². The molecule has 0 fully saturated rings. The monoisotopic (exact) mass is 164 g/mol. The van der Waals surface area contributed by atoms with Crippen molar-refractivity contribution in [1.82, 2.24) is 4.98 Å². The van der Waals surface area contributed by atoms with Gasteiger partial charge in [0.15, 0.2) is 5.69 Å². The minimum Gasteiger partial charge on any atom is -0.358 e. The zero-order chi connectivity index (χ0) is 9.14. The second-order valence-corrected chi connectivity index (χ2v) is 2.33. The smallest absolute Gasteiger partial charge is 0.358 e. The Labute approximate surface area is 69.7 Å². The highest BCUT2D eigenvalue weighted by Gasteiger charge is 2.09. The van der Waals surface area contributed by atoms with Gasteiger partial charge in [-0.2, -0.15) is 0 Å². The van der Waals surface area contributed by atoms with Gasteiger partial charge >= 0.3 is 5.82 Å². The molecule has 12 heavy (non-hydrogen) atoms. The van der Waals surface area contributed by atoms with Crippen molar-refractivity contribution in [2.75, 3.05) is 0 Å². The molecule has 1 heterocycles. The fourth-order valence-electron chi connectivity index (χ4n) is 0.842. The second-order valence-electron chi connectivity index (χ2n) is 2.33. The molecule has 0 aliphatic heterocycles. The standard InChI is InChI=1S/C8H8N2O2/c1-3-7-6(2)4-5-8(9-7)10(11)12/h3-5H,1H2,2H3. The SMILES string of the molecule is C=Cc1nc([N+](=O)[O-])ccc1C. The van der Waals surface area contributed by atoms with Crippen molar-refractivity contribution >= 4 is 11.9 Å². The van der Waals surface area contributed by atoms with Crippen LogP contribution in [0.25, 0.3) is 6.08 Å². The Morgan fingerprint density at radius 3 is 2.83 bits per heavy atom. The predicted octanol–water partition coefficient (Wildman–Crippen LogP) is 1.94. The lowest BCUT2D eigenvalue weighted by molar-refractivity contribution is -0.389. The quantitative estimate of drug-likeness (QED) is 0.495. The topological polar surface area (TPSA) is 56.0 Å². The Bertz CT molecular complexity index is 334. The number of nitro groups is 1. The van der Waals surface area contributed by atoms with Crippen LogP contribution in [0.3, 0.4) is 0 Å². The highest BCUT2D eigenvalue weighted by atomic mass is 16.6. The summed E-state index contributed by atoms with van der Waals surface area (Å²) in [6.45, 7) is 5.33. The molecule has 62 valence electrons. The molecule has 4 heteroatoms. The van der Waals surface area contributed by atoms with Crippen LogP contribution < -0.4 is 0 Å². The first kappa shape index (κ1) is 8.39. The number of hydrogen-bond donors (Lipinski definition) is 0. The summed E-state index contributed by atoms with van der Waals surface area (Å²) in [6.07, 6.45) is 1.50. The van der Waals surface area contributed by atoms with E-state index in [0.29, 0.717) is 5.69 Å². The van der Waals surface area contributed by atoms with E-state index < -0.39 is 4.92 Å². The van der Waals surface area contributed by atoms with E-state index in [0.717, 1.165) is 5.56 Å². The van der Waals surface area contributed by atoms with Crippen molar-refractivity contribution in [3.63, 3.8) is 0 Å². The van der Waals surface area contributed by atoms with Gasteiger partial charge in [0, 0.05) is 11.6 Å². The third-order valence-corrected chi connectivity index (χ3v) is 1.50. The molecule has 0 amide bonds. The van der Waals surface area contributed by atoms with Gasteiger partial charge in [-0.25, -0.2) is 0 Å². The van der Waals surface area contributed by atoms with Gasteiger partial charge in [0.2, 0.25) is 0 Å². The maximum absolute atomic E-state index is 10.3. The third kappa shape index (κ3) is 1.47. The molecule has 0 unspecified atom stereocenters. The Hall–Kier alpha value is -1.71. The molecule has 1 aromatic heterocycles. The number of hydrogen-bond acceptors (Lipinski definition) is 3. The number of nitrogens with zero attached hydrogens (tertiary/aromatic N) is 2. The van der Waals surface area contributed by atoms with Crippen LogP contribution >= 0.6 is 0 Å². The van der Waals surface area contributed by atoms with E-state index in [2.05, 4.69) is 11.6 Å². The van der Waals surface area contributed by atoms with Crippen LogP contribution in [0.1, 0.15) is 11.3 Å². The molecular weight excluding hydrogens is 156 g/mol. The summed E-state index contributed by atoms with van der Waals surface area (Å²) in [4.78, 5) is 13.5. The number of pyridine rings is 1. The van der Waals surface area contributed by atoms with Crippen molar-refractivity contribution in [2.45, 2.75) is 6.92 Å². The minimum atomic E-state index is -0.521. The lowest BCUT2D eigenvalue weighted by Crippen LogP contribution is -1.94. The molecule has 0 aromatic carbocycles. The van der Waals surface area contributed by atoms with Gasteiger partial charge in [0.1, 0.15) is 0 Å². The normalized spacial score (nSPS) is 9.42. The van der Waals surface area contributed by atoms with Crippen LogP contribution in [0.2, 0.25) is 0 Å². The largest absolute Gasteiger partial charge is 0.364 e. The molecule has 0 aliphatic carbocycles. The molecule has 0 radical (unpaired) electrons. The Morgan fingerprint density at radius 1 is 1.67 bits per heavy atom. The summed E-state index contributed by atoms with van der Waals surface area (Å²) >= 11 is 0. The summed E-state index contributed by atoms with van der Waals surface area (Å²) in [5.74, 6) is -0.143. The zero-order valence-corrected chi connectivity index (χ0v) is 6.65. The molecular formula is C8H8N2O2. The fourth-order valence-corrected chi connectivity index (χ4v) is 0.842. The van der Waals surface area contributed by atoms with E-state index in [1.807, 2.05) is 6.92 Å². The van der Waals surface area contributed by atoms with E-state index in [-0.39, 0.29) is 5.82 Å². The van der Waals surface area contributed by atoms with E-state index in [1.54, 1.807) is 6.07 Å². The Kier molecular flexibility index (Phi) is 2.19. The van der Waals surface area contributed by atoms with Crippen LogP contribution in [0.5, 0.6) is 0 Å². The fraction of sp³-hybridized carbons (Fsp3) is 0.125. The van der Waals surface area contributed by atoms with Crippen LogP contribution in [0, 0.1) is 17.0 Å². The van der Waals surface area contributed by atoms with Gasteiger partial charge in [0.05, 0.1) is 0 Å². The lowest BCUT2D eigenvalue weighted by atomic mass is 10.2. The third-order valence-electron chi connectivity index (χ3n) is 1.50. The molecule has 1 aromatic rings. The van der Waals surface area contributed by atoms with E-state index >= 15 is 0 Å². The molecule has 0 spiro atoms. The van der Waals surface area contributed by atoms with Gasteiger partial charge in [-0.15, -0.1) is 0 Å². The maximum Gasteiger partial charge on any atom is 0.364 e. The average Bonchev–Trinajstić information content (AvgIpc) is 2.05. The van der Waals surface area contributed by atoms with Crippen LogP contribution in [-0.4, -0.2) is 9.91 Å². The van der Waals surface area contributed by atoms with Crippen LogP contribution in [-0.2, 0) is 0 Å². The maximum atomic E-state index is 10.3. The molecule has 0 N–H and O–H groups in total. The number of rotatable bonds is 2. The number of aromatic nitrogens is 1. The van der Waals surface area contributed by atoms with Crippen molar-refractivity contribution in [3.05, 3.63) is 40.1 Å². The Balaban J connectivity index is 3.22. The van der Waals surface area contributed by atoms with E-state index in [1.165, 1.54) is 12.1 Å². The lowest BCUT2D eigenvalue weighted by Gasteiger charge is -1.94. The van der Waals surface area contributed by atoms with Gasteiger partial charge in [-0.3, -0.25) is 0 Å². The first-order valence-corrected chi connectivity index (χ1v) is 3.39. The van der Waals surface area contributed by atoms with Crippen molar-refractivity contribution in [3.8, 4) is 0 Å². The first-order valence-electron chi connectivity index (χ1n) is 3.39. The number of aryl methyl sites for hydroxylation is 1. The molecule has 0 aliphatic rings. The Morgan fingerprint density at radius 2 is 2.33 bits per heavy atom. The molecule has 0 bridgehead atoms. The minimum absolute atomic E-state index is 0.143. The first-order chi connectivity index (χ1) is 5.65. The molecule has 0 saturated carbocycles. The molecule has 4 nitrogen and oxygen atoms in total. The van der Waals surface area contributed by atoms with Crippen molar-refractivity contribution in [1.29, 1.82) is 0 Å². The summed E-state index contributed by atoms with van der Waals surface area (Å²) in [6, 6.07) is 3.03. The van der Waals surface area contributed by atoms with Crippen LogP contribution in [0.15, 0.2) is 18.7 Å². The summed E-state index contributed by atoms with van der Waals surface area (Å²) in [5.41, 5.74) is 1.44. The second kappa shape index (κ2) is 3.13. The highest BCUT2D eigenvalue weighted by Crippen LogP contribution is 2.12. The van der Waals surface area contributed by atoms with Gasteiger partial charge in [-0.1, -0.05) is 6.58 Å². The van der Waals surface area contributed by atoms with Crippen molar-refractivity contribution < 1.29 is 4.92 Å². The van der Waals surface area contributed by atoms with E-state index in [4.69, 9.17) is 0 Å². The summed E-state index contributed by atoms with van der Waals surface area (Å²) in [7, 11) is 0.